The van der Waals surface area contributed by atoms with Gasteiger partial charge in [-0.1, -0.05) is 47.7 Å². The molecule has 4 aromatic rings. The number of aliphatic hydroxyl groups is 4. The van der Waals surface area contributed by atoms with Crippen molar-refractivity contribution in [2.45, 2.75) is 37.2 Å². The number of benzene rings is 2. The molecule has 4 N–H and O–H groups in total. The summed E-state index contributed by atoms with van der Waals surface area (Å²) in [5.41, 5.74) is 1.47. The summed E-state index contributed by atoms with van der Waals surface area (Å²) in [5.74, 6) is 0.465. The van der Waals surface area contributed by atoms with Gasteiger partial charge >= 0.3 is 0 Å². The van der Waals surface area contributed by atoms with Crippen LogP contribution in [-0.2, 0) is 11.3 Å². The summed E-state index contributed by atoms with van der Waals surface area (Å²) in [5, 5.41) is 48.4. The van der Waals surface area contributed by atoms with Gasteiger partial charge in [0.25, 0.3) is 5.56 Å². The molecule has 11 heteroatoms. The van der Waals surface area contributed by atoms with E-state index in [4.69, 9.17) is 9.72 Å². The van der Waals surface area contributed by atoms with Gasteiger partial charge in [-0.05, 0) is 12.1 Å². The predicted octanol–water partition coefficient (Wildman–Crippen LogP) is -0.324. The number of fused-ring (bicyclic) bond motifs is 1. The molecule has 5 rings (SSSR count). The van der Waals surface area contributed by atoms with Crippen LogP contribution in [0.5, 0.6) is 0 Å². The number of hydrogen-bond donors (Lipinski definition) is 4. The van der Waals surface area contributed by atoms with Gasteiger partial charge in [0.1, 0.15) is 35.9 Å². The second kappa shape index (κ2) is 9.05. The molecule has 1 aliphatic heterocycles. The summed E-state index contributed by atoms with van der Waals surface area (Å²) < 4.78 is 8.22. The van der Waals surface area contributed by atoms with Crippen molar-refractivity contribution >= 4 is 10.9 Å². The zero-order valence-corrected chi connectivity index (χ0v) is 17.9. The SMILES string of the molecule is O=c1c2ccccc2nc(-c2ccccc2)n1Cc1cn([C@@H]2O[C@H](CO)[C@@H](O)[C@H](O)[C@H]2O)nn1. The number of para-hydroxylation sites is 1. The highest BCUT2D eigenvalue weighted by molar-refractivity contribution is 5.79. The fourth-order valence-corrected chi connectivity index (χ4v) is 4.10. The third-order valence-corrected chi connectivity index (χ3v) is 5.90. The van der Waals surface area contributed by atoms with E-state index in [1.807, 2.05) is 36.4 Å². The van der Waals surface area contributed by atoms with Crippen molar-refractivity contribution < 1.29 is 25.2 Å². The summed E-state index contributed by atoms with van der Waals surface area (Å²) in [6.45, 7) is -0.514. The number of ether oxygens (including phenoxy) is 1. The monoisotopic (exact) mass is 465 g/mol. The normalized spacial score (nSPS) is 25.0. The molecular weight excluding hydrogens is 442 g/mol. The quantitative estimate of drug-likeness (QED) is 0.310. The molecular formula is C23H23N5O6. The highest BCUT2D eigenvalue weighted by Crippen LogP contribution is 2.28. The lowest BCUT2D eigenvalue weighted by atomic mass is 9.98. The molecule has 0 bridgehead atoms. The van der Waals surface area contributed by atoms with Gasteiger partial charge in [-0.15, -0.1) is 5.10 Å². The Balaban J connectivity index is 1.52. The minimum Gasteiger partial charge on any atom is -0.394 e. The Morgan fingerprint density at radius 3 is 2.44 bits per heavy atom. The van der Waals surface area contributed by atoms with Gasteiger partial charge in [-0.3, -0.25) is 9.36 Å². The van der Waals surface area contributed by atoms with Crippen molar-refractivity contribution in [3.05, 3.63) is 76.8 Å². The van der Waals surface area contributed by atoms with Crippen molar-refractivity contribution in [3.8, 4) is 11.4 Å². The predicted molar refractivity (Wildman–Crippen MR) is 120 cm³/mol. The summed E-state index contributed by atoms with van der Waals surface area (Å²) in [4.78, 5) is 18.1. The number of rotatable bonds is 5. The summed E-state index contributed by atoms with van der Waals surface area (Å²) in [6, 6.07) is 16.4. The van der Waals surface area contributed by atoms with E-state index in [0.29, 0.717) is 22.4 Å². The number of aliphatic hydroxyl groups excluding tert-OH is 4. The van der Waals surface area contributed by atoms with E-state index in [1.54, 1.807) is 18.2 Å². The Labute approximate surface area is 193 Å². The minimum absolute atomic E-state index is 0.0400. The van der Waals surface area contributed by atoms with E-state index >= 15 is 0 Å². The molecule has 11 nitrogen and oxygen atoms in total. The van der Waals surface area contributed by atoms with Crippen LogP contribution in [0.1, 0.15) is 11.9 Å². The van der Waals surface area contributed by atoms with Crippen molar-refractivity contribution in [1.29, 1.82) is 0 Å². The van der Waals surface area contributed by atoms with E-state index in [2.05, 4.69) is 10.3 Å². The van der Waals surface area contributed by atoms with Crippen molar-refractivity contribution in [3.63, 3.8) is 0 Å². The Morgan fingerprint density at radius 1 is 0.941 bits per heavy atom. The molecule has 176 valence electrons. The van der Waals surface area contributed by atoms with Crippen molar-refractivity contribution in [2.75, 3.05) is 6.61 Å². The van der Waals surface area contributed by atoms with E-state index in [-0.39, 0.29) is 12.1 Å². The molecule has 2 aromatic heterocycles. The maximum absolute atomic E-state index is 13.4. The molecule has 5 atom stereocenters. The highest BCUT2D eigenvalue weighted by atomic mass is 16.6. The summed E-state index contributed by atoms with van der Waals surface area (Å²) in [7, 11) is 0. The molecule has 2 aromatic carbocycles. The second-order valence-corrected chi connectivity index (χ2v) is 8.12. The number of hydrogen-bond acceptors (Lipinski definition) is 9. The van der Waals surface area contributed by atoms with Gasteiger partial charge < -0.3 is 25.2 Å². The maximum atomic E-state index is 13.4. The summed E-state index contributed by atoms with van der Waals surface area (Å²) in [6.07, 6.45) is -5.30. The number of nitrogens with zero attached hydrogens (tertiary/aromatic N) is 5. The number of aromatic nitrogens is 5. The molecule has 0 aliphatic carbocycles. The average molecular weight is 465 g/mol. The third kappa shape index (κ3) is 3.89. The fourth-order valence-electron chi connectivity index (χ4n) is 4.10. The zero-order valence-electron chi connectivity index (χ0n) is 17.9. The van der Waals surface area contributed by atoms with Gasteiger partial charge in [0.2, 0.25) is 0 Å². The van der Waals surface area contributed by atoms with Crippen LogP contribution in [-0.4, -0.2) is 76.0 Å². The smallest absolute Gasteiger partial charge is 0.262 e. The van der Waals surface area contributed by atoms with Gasteiger partial charge in [-0.25, -0.2) is 9.67 Å². The molecule has 0 radical (unpaired) electrons. The third-order valence-electron chi connectivity index (χ3n) is 5.90. The molecule has 0 amide bonds. The topological polar surface area (TPSA) is 156 Å². The van der Waals surface area contributed by atoms with Crippen LogP contribution in [0.4, 0.5) is 0 Å². The van der Waals surface area contributed by atoms with E-state index in [9.17, 15) is 25.2 Å². The molecule has 1 aliphatic rings. The van der Waals surface area contributed by atoms with Gasteiger partial charge in [-0.2, -0.15) is 0 Å². The van der Waals surface area contributed by atoms with Crippen LogP contribution in [0.3, 0.4) is 0 Å². The Hall–Kier alpha value is -3.48. The van der Waals surface area contributed by atoms with E-state index < -0.39 is 37.3 Å². The van der Waals surface area contributed by atoms with E-state index in [0.717, 1.165) is 5.56 Å². The van der Waals surface area contributed by atoms with Crippen molar-refractivity contribution in [2.24, 2.45) is 0 Å². The first-order chi connectivity index (χ1) is 16.5. The molecule has 1 saturated heterocycles. The summed E-state index contributed by atoms with van der Waals surface area (Å²) >= 11 is 0. The molecule has 3 heterocycles. The van der Waals surface area contributed by atoms with Crippen LogP contribution in [0, 0.1) is 0 Å². The Bertz CT molecular complexity index is 1350. The first kappa shape index (κ1) is 22.3. The first-order valence-corrected chi connectivity index (χ1v) is 10.7. The van der Waals surface area contributed by atoms with Gasteiger partial charge in [0, 0.05) is 5.56 Å². The first-order valence-electron chi connectivity index (χ1n) is 10.7. The lowest BCUT2D eigenvalue weighted by Gasteiger charge is -2.39. The standard InChI is InChI=1S/C23H23N5O6/c29-12-17-18(30)19(31)20(32)23(34-17)28-11-14(25-26-28)10-27-21(13-6-2-1-3-7-13)24-16-9-5-4-8-15(16)22(27)33/h1-9,11,17-20,23,29-32H,10,12H2/t17-,18-,19+,20-,23-/m1/s1. The minimum atomic E-state index is -1.54. The largest absolute Gasteiger partial charge is 0.394 e. The maximum Gasteiger partial charge on any atom is 0.262 e. The zero-order chi connectivity index (χ0) is 23.8. The van der Waals surface area contributed by atoms with Crippen LogP contribution >= 0.6 is 0 Å². The lowest BCUT2D eigenvalue weighted by molar-refractivity contribution is -0.254. The molecule has 34 heavy (non-hydrogen) atoms. The highest BCUT2D eigenvalue weighted by Gasteiger charge is 2.44. The van der Waals surface area contributed by atoms with E-state index in [1.165, 1.54) is 15.4 Å². The average Bonchev–Trinajstić information content (AvgIpc) is 3.33. The molecule has 0 spiro atoms. The van der Waals surface area contributed by atoms with Crippen LogP contribution in [0.2, 0.25) is 0 Å². The molecule has 1 fully saturated rings. The molecule has 0 saturated carbocycles. The second-order valence-electron chi connectivity index (χ2n) is 8.12. The van der Waals surface area contributed by atoms with Crippen LogP contribution in [0.25, 0.3) is 22.3 Å². The van der Waals surface area contributed by atoms with Gasteiger partial charge in [0.15, 0.2) is 6.23 Å². The van der Waals surface area contributed by atoms with Gasteiger partial charge in [0.05, 0.1) is 30.3 Å². The lowest BCUT2D eigenvalue weighted by Crippen LogP contribution is -2.56. The van der Waals surface area contributed by atoms with Crippen molar-refractivity contribution in [1.82, 2.24) is 24.5 Å². The fraction of sp³-hybridized carbons (Fsp3) is 0.304. The van der Waals surface area contributed by atoms with Crippen LogP contribution in [0.15, 0.2) is 65.6 Å². The Morgan fingerprint density at radius 2 is 1.68 bits per heavy atom. The van der Waals surface area contributed by atoms with Crippen LogP contribution < -0.4 is 5.56 Å². The molecule has 0 unspecified atom stereocenters. The Kier molecular flexibility index (Phi) is 5.94.